The molecule has 0 heterocycles. The minimum atomic E-state index is -0.111. The molecule has 10 heteroatoms. The van der Waals surface area contributed by atoms with Crippen LogP contribution >= 0.6 is 31.9 Å². The van der Waals surface area contributed by atoms with Crippen molar-refractivity contribution in [2.24, 2.45) is 0 Å². The Morgan fingerprint density at radius 1 is 0.244 bits per heavy atom. The number of fused-ring (bicyclic) bond motifs is 6. The molecule has 0 unspecified atom stereocenters. The van der Waals surface area contributed by atoms with Gasteiger partial charge in [-0.2, -0.15) is 0 Å². The molecule has 0 saturated carbocycles. The molecule has 0 atom stereocenters. The van der Waals surface area contributed by atoms with Gasteiger partial charge in [-0.05, 0) is 125 Å². The van der Waals surface area contributed by atoms with Gasteiger partial charge in [0.2, 0.25) is 0 Å². The minimum absolute atomic E-state index is 0.111. The molecule has 0 aliphatic heterocycles. The van der Waals surface area contributed by atoms with Crippen molar-refractivity contribution < 1.29 is 38.6 Å². The van der Waals surface area contributed by atoms with Crippen LogP contribution < -0.4 is 28.4 Å². The summed E-state index contributed by atoms with van der Waals surface area (Å²) in [7, 11) is 0. The summed E-state index contributed by atoms with van der Waals surface area (Å²) in [6, 6.07) is 70.1. The molecule has 0 aromatic heterocycles. The Labute approximate surface area is 468 Å². The summed E-state index contributed by atoms with van der Waals surface area (Å²) < 4.78 is 41.8. The molecule has 0 aliphatic rings. The van der Waals surface area contributed by atoms with Crippen LogP contribution in [-0.2, 0) is 0 Å². The molecule has 0 fully saturated rings. The summed E-state index contributed by atoms with van der Waals surface area (Å²) in [4.78, 5) is 0. The van der Waals surface area contributed by atoms with E-state index in [1.807, 2.05) is 97.1 Å². The quantitative estimate of drug-likeness (QED) is 0.0773. The third kappa shape index (κ3) is 10.0. The van der Waals surface area contributed by atoms with Gasteiger partial charge in [-0.3, -0.25) is 0 Å². The smallest absolute Gasteiger partial charge is 0.128 e. The van der Waals surface area contributed by atoms with E-state index in [1.54, 1.807) is 0 Å². The highest BCUT2D eigenvalue weighted by Gasteiger charge is 2.24. The first kappa shape index (κ1) is 50.7. The fourth-order valence-corrected chi connectivity index (χ4v) is 11.5. The van der Waals surface area contributed by atoms with E-state index in [2.05, 4.69) is 141 Å². The Hall–Kier alpha value is -8.12. The summed E-state index contributed by atoms with van der Waals surface area (Å²) in [6.45, 7) is 0.999. The fourth-order valence-electron chi connectivity index (χ4n) is 10.8. The van der Waals surface area contributed by atoms with Crippen LogP contribution in [0.2, 0.25) is 0 Å². The zero-order valence-electron chi connectivity index (χ0n) is 42.4. The predicted molar refractivity (Wildman–Crippen MR) is 323 cm³/mol. The topological polar surface area (TPSA) is 95.8 Å². The van der Waals surface area contributed by atoms with Gasteiger partial charge in [-0.15, -0.1) is 0 Å². The van der Waals surface area contributed by atoms with Gasteiger partial charge in [0.05, 0.1) is 13.2 Å². The Morgan fingerprint density at radius 2 is 0.474 bits per heavy atom. The third-order valence-electron chi connectivity index (χ3n) is 14.1. The van der Waals surface area contributed by atoms with Gasteiger partial charge in [-0.25, -0.2) is 0 Å². The Morgan fingerprint density at radius 3 is 0.744 bits per heavy atom. The highest BCUT2D eigenvalue weighted by atomic mass is 79.9. The van der Waals surface area contributed by atoms with Gasteiger partial charge < -0.3 is 38.6 Å². The highest BCUT2D eigenvalue weighted by Crippen LogP contribution is 2.49. The molecule has 2 N–H and O–H groups in total. The van der Waals surface area contributed by atoms with E-state index in [4.69, 9.17) is 28.4 Å². The van der Waals surface area contributed by atoms with Gasteiger partial charge in [0.1, 0.15) is 74.1 Å². The van der Waals surface area contributed by atoms with Crippen LogP contribution in [0, 0.1) is 0 Å². The molecule has 78 heavy (non-hydrogen) atoms. The van der Waals surface area contributed by atoms with Crippen molar-refractivity contribution in [2.75, 3.05) is 52.9 Å². The molecule has 0 amide bonds. The van der Waals surface area contributed by atoms with Crippen molar-refractivity contribution in [3.63, 3.8) is 0 Å². The van der Waals surface area contributed by atoms with Crippen molar-refractivity contribution in [2.45, 2.75) is 0 Å². The first-order chi connectivity index (χ1) is 38.4. The van der Waals surface area contributed by atoms with E-state index < -0.39 is 0 Å². The second kappa shape index (κ2) is 22.8. The lowest BCUT2D eigenvalue weighted by Gasteiger charge is -2.21. The zero-order valence-corrected chi connectivity index (χ0v) is 45.6. The van der Waals surface area contributed by atoms with E-state index in [0.29, 0.717) is 34.5 Å². The van der Waals surface area contributed by atoms with Gasteiger partial charge >= 0.3 is 0 Å². The predicted octanol–water partition coefficient (Wildman–Crippen LogP) is 16.8. The summed E-state index contributed by atoms with van der Waals surface area (Å²) in [5, 5.41) is 32.0. The average molecular weight is 1160 g/mol. The Bertz CT molecular complexity index is 3930. The van der Waals surface area contributed by atoms with Crippen LogP contribution in [0.4, 0.5) is 0 Å². The van der Waals surface area contributed by atoms with Gasteiger partial charge in [-0.1, -0.05) is 177 Å². The molecule has 0 spiro atoms. The number of aliphatic hydroxyl groups excluding tert-OH is 2. The van der Waals surface area contributed by atoms with Crippen molar-refractivity contribution in [3.8, 4) is 67.9 Å². The average Bonchev–Trinajstić information content (AvgIpc) is 3.65. The van der Waals surface area contributed by atoms with Crippen LogP contribution in [0.1, 0.15) is 0 Å². The normalized spacial score (nSPS) is 11.5. The molecule has 12 rings (SSSR count). The first-order valence-electron chi connectivity index (χ1n) is 26.0. The molecule has 0 saturated heterocycles. The Kier molecular flexibility index (Phi) is 14.8. The standard InChI is InChI=1S/C68H52Br2O8/c69-49-23-25-55-47(41-49)21-31-61(77-39-37-75-59-29-19-45-11-3-7-15-53(45)65(59)63-51-13-5-1-9-43(51)17-27-57(63)73-35-33-71)67(55)68-56-26-24-50(70)42-48(56)22-32-62(68)78-40-38-76-60-30-20-46-12-4-8-16-54(46)66(60)64-52-14-6-2-10-44(52)18-28-58(64)74-36-34-72/h1-32,41-42,71-72H,33-40H2. The van der Waals surface area contributed by atoms with Gasteiger partial charge in [0.25, 0.3) is 0 Å². The lowest BCUT2D eigenvalue weighted by Crippen LogP contribution is -2.12. The number of halogens is 2. The minimum Gasteiger partial charge on any atom is -0.491 e. The van der Waals surface area contributed by atoms with E-state index in [0.717, 1.165) is 107 Å². The lowest BCUT2D eigenvalue weighted by atomic mass is 9.92. The summed E-state index contributed by atoms with van der Waals surface area (Å²) in [5.41, 5.74) is 5.39. The maximum Gasteiger partial charge on any atom is 0.128 e. The molecule has 12 aromatic rings. The van der Waals surface area contributed by atoms with E-state index in [9.17, 15) is 10.2 Å². The second-order valence-corrected chi connectivity index (χ2v) is 20.6. The number of aliphatic hydroxyl groups is 2. The number of hydrogen-bond acceptors (Lipinski definition) is 8. The lowest BCUT2D eigenvalue weighted by molar-refractivity contribution is 0.202. The molecular weight excluding hydrogens is 1100 g/mol. The van der Waals surface area contributed by atoms with Crippen molar-refractivity contribution in [1.82, 2.24) is 0 Å². The molecule has 0 radical (unpaired) electrons. The van der Waals surface area contributed by atoms with Crippen LogP contribution in [0.5, 0.6) is 34.5 Å². The Balaban J connectivity index is 0.882. The van der Waals surface area contributed by atoms with Crippen LogP contribution in [0.3, 0.4) is 0 Å². The van der Waals surface area contributed by atoms with E-state index in [1.165, 1.54) is 0 Å². The monoisotopic (exact) mass is 1150 g/mol. The number of ether oxygens (including phenoxy) is 6. The number of hydrogen-bond donors (Lipinski definition) is 2. The van der Waals surface area contributed by atoms with Crippen molar-refractivity contribution >= 4 is 96.5 Å². The second-order valence-electron chi connectivity index (χ2n) is 18.8. The highest BCUT2D eigenvalue weighted by molar-refractivity contribution is 9.10. The maximum absolute atomic E-state index is 9.83. The summed E-state index contributed by atoms with van der Waals surface area (Å²) in [6.07, 6.45) is 0. The van der Waals surface area contributed by atoms with Gasteiger partial charge in [0.15, 0.2) is 0 Å². The third-order valence-corrected chi connectivity index (χ3v) is 15.1. The summed E-state index contributed by atoms with van der Waals surface area (Å²) in [5.74, 6) is 4.05. The molecule has 12 aromatic carbocycles. The molecule has 0 bridgehead atoms. The zero-order chi connectivity index (χ0) is 53.0. The van der Waals surface area contributed by atoms with Gasteiger partial charge in [0, 0.05) is 42.3 Å². The van der Waals surface area contributed by atoms with E-state index in [-0.39, 0.29) is 52.9 Å². The largest absolute Gasteiger partial charge is 0.491 e. The number of benzene rings is 12. The summed E-state index contributed by atoms with van der Waals surface area (Å²) >= 11 is 7.46. The van der Waals surface area contributed by atoms with Crippen molar-refractivity contribution in [1.29, 1.82) is 0 Å². The molecule has 8 nitrogen and oxygen atoms in total. The van der Waals surface area contributed by atoms with Crippen LogP contribution in [-0.4, -0.2) is 63.1 Å². The molecule has 386 valence electrons. The molecular formula is C68H52Br2O8. The fraction of sp³-hybridized carbons (Fsp3) is 0.118. The van der Waals surface area contributed by atoms with Crippen LogP contribution in [0.15, 0.2) is 215 Å². The SMILES string of the molecule is OCCOc1ccc2ccccc2c1-c1c(OCCOc2ccc3cc(Br)ccc3c2-c2c(OCCOc3ccc4ccccc4c3-c3c(OCCO)ccc4ccccc34)ccc3cc(Br)ccc23)ccc2ccccc12. The maximum atomic E-state index is 9.83. The first-order valence-corrected chi connectivity index (χ1v) is 27.6. The molecule has 0 aliphatic carbocycles. The van der Waals surface area contributed by atoms with Crippen molar-refractivity contribution in [3.05, 3.63) is 215 Å². The van der Waals surface area contributed by atoms with E-state index >= 15 is 0 Å². The number of rotatable bonds is 19. The van der Waals surface area contributed by atoms with Crippen LogP contribution in [0.25, 0.3) is 98.0 Å².